The predicted molar refractivity (Wildman–Crippen MR) is 236 cm³/mol. The summed E-state index contributed by atoms with van der Waals surface area (Å²) in [5.41, 5.74) is 10.3. The number of hydrogen-bond donors (Lipinski definition) is 0. The second-order valence-electron chi connectivity index (χ2n) is 14.3. The number of furan rings is 1. The zero-order chi connectivity index (χ0) is 37.5. The van der Waals surface area contributed by atoms with E-state index < -0.39 is 0 Å². The smallest absolute Gasteiger partial charge is 0.165 e. The van der Waals surface area contributed by atoms with E-state index >= 15 is 0 Å². The molecule has 0 saturated carbocycles. The van der Waals surface area contributed by atoms with E-state index in [1.165, 1.54) is 31.9 Å². The summed E-state index contributed by atoms with van der Waals surface area (Å²) in [7, 11) is 0. The van der Waals surface area contributed by atoms with Gasteiger partial charge in [-0.15, -0.1) is 11.3 Å². The van der Waals surface area contributed by atoms with E-state index in [1.807, 2.05) is 60.7 Å². The van der Waals surface area contributed by atoms with Crippen molar-refractivity contribution >= 4 is 75.3 Å². The van der Waals surface area contributed by atoms with Gasteiger partial charge in [-0.3, -0.25) is 0 Å². The maximum atomic E-state index is 6.90. The SMILES string of the molecule is c1ccc(-c2nc(-c3ccccc3)nc(-c3cccc4c3sc3cccc(-c5cccc6c5oc5cccc(-n7c8ccccc8c8ccccc87)c56)c34)n2)cc1. The molecule has 0 atom stereocenters. The quantitative estimate of drug-likeness (QED) is 0.176. The Morgan fingerprint density at radius 1 is 0.404 bits per heavy atom. The van der Waals surface area contributed by atoms with Crippen molar-refractivity contribution in [3.05, 3.63) is 182 Å². The summed E-state index contributed by atoms with van der Waals surface area (Å²) in [6.45, 7) is 0. The Hall–Kier alpha value is -7.41. The van der Waals surface area contributed by atoms with Gasteiger partial charge in [0.15, 0.2) is 17.5 Å². The molecule has 5 nitrogen and oxygen atoms in total. The summed E-state index contributed by atoms with van der Waals surface area (Å²) in [6, 6.07) is 63.6. The van der Waals surface area contributed by atoms with Gasteiger partial charge in [-0.05, 0) is 42.0 Å². The Labute approximate surface area is 330 Å². The van der Waals surface area contributed by atoms with Crippen LogP contribution in [-0.2, 0) is 0 Å². The molecule has 0 aliphatic heterocycles. The number of thiophene rings is 1. The number of fused-ring (bicyclic) bond motifs is 9. The van der Waals surface area contributed by atoms with E-state index in [0.717, 1.165) is 65.5 Å². The molecule has 6 heteroatoms. The second-order valence-corrected chi connectivity index (χ2v) is 15.4. The number of nitrogens with zero attached hydrogens (tertiary/aromatic N) is 4. The van der Waals surface area contributed by atoms with Crippen LogP contribution in [0.3, 0.4) is 0 Å². The van der Waals surface area contributed by atoms with Crippen LogP contribution in [0.25, 0.3) is 115 Å². The molecule has 0 bridgehead atoms. The average Bonchev–Trinajstić information content (AvgIpc) is 3.97. The van der Waals surface area contributed by atoms with Crippen LogP contribution in [0.4, 0.5) is 0 Å². The number of aromatic nitrogens is 4. The summed E-state index contributed by atoms with van der Waals surface area (Å²) in [5, 5.41) is 7.01. The van der Waals surface area contributed by atoms with Gasteiger partial charge in [-0.2, -0.15) is 0 Å². The zero-order valence-corrected chi connectivity index (χ0v) is 31.2. The molecule has 0 saturated heterocycles. The summed E-state index contributed by atoms with van der Waals surface area (Å²) in [5.74, 6) is 1.95. The molecule has 0 aliphatic carbocycles. The number of hydrogen-bond acceptors (Lipinski definition) is 5. The molecule has 4 aromatic heterocycles. The monoisotopic (exact) mass is 746 g/mol. The molecule has 0 radical (unpaired) electrons. The zero-order valence-electron chi connectivity index (χ0n) is 30.4. The summed E-state index contributed by atoms with van der Waals surface area (Å²) < 4.78 is 11.6. The van der Waals surface area contributed by atoms with E-state index in [0.29, 0.717) is 17.5 Å². The third-order valence-corrected chi connectivity index (χ3v) is 12.3. The van der Waals surface area contributed by atoms with Gasteiger partial charge >= 0.3 is 0 Å². The van der Waals surface area contributed by atoms with Crippen LogP contribution in [-0.4, -0.2) is 19.5 Å². The van der Waals surface area contributed by atoms with Crippen LogP contribution in [0.1, 0.15) is 0 Å². The van der Waals surface area contributed by atoms with Crippen LogP contribution < -0.4 is 0 Å². The molecule has 57 heavy (non-hydrogen) atoms. The highest BCUT2D eigenvalue weighted by Gasteiger charge is 2.22. The lowest BCUT2D eigenvalue weighted by Gasteiger charge is -2.10. The van der Waals surface area contributed by atoms with Gasteiger partial charge in [0, 0.05) is 58.6 Å². The highest BCUT2D eigenvalue weighted by molar-refractivity contribution is 7.26. The fraction of sp³-hybridized carbons (Fsp3) is 0. The van der Waals surface area contributed by atoms with Gasteiger partial charge in [0.25, 0.3) is 0 Å². The highest BCUT2D eigenvalue weighted by atomic mass is 32.1. The lowest BCUT2D eigenvalue weighted by molar-refractivity contribution is 0.670. The number of para-hydroxylation sites is 3. The maximum absolute atomic E-state index is 6.90. The van der Waals surface area contributed by atoms with Crippen molar-refractivity contribution in [1.29, 1.82) is 0 Å². The highest BCUT2D eigenvalue weighted by Crippen LogP contribution is 2.47. The fourth-order valence-electron chi connectivity index (χ4n) is 8.59. The first kappa shape index (κ1) is 31.9. The van der Waals surface area contributed by atoms with Gasteiger partial charge in [0.05, 0.1) is 22.1 Å². The van der Waals surface area contributed by atoms with Crippen molar-refractivity contribution in [2.75, 3.05) is 0 Å². The lowest BCUT2D eigenvalue weighted by Crippen LogP contribution is -2.00. The number of benzene rings is 8. The standard InChI is InChI=1S/C51H30N4OS/c1-3-15-31(16-4-1)49-52-50(32-17-5-2-6-18-32)54-51(53-49)39-25-12-24-38-45-35(21-13-30-44(45)57-48(38)39)36-22-11-23-37-46-42(28-14-29-43(46)56-47(36)37)55-40-26-9-7-19-33(40)34-20-8-10-27-41(34)55/h1-30H. The van der Waals surface area contributed by atoms with E-state index in [1.54, 1.807) is 11.3 Å². The van der Waals surface area contributed by atoms with E-state index in [2.05, 4.69) is 126 Å². The first-order chi connectivity index (χ1) is 28.3. The minimum absolute atomic E-state index is 0.648. The summed E-state index contributed by atoms with van der Waals surface area (Å²) in [4.78, 5) is 15.1. The molecule has 8 aromatic carbocycles. The van der Waals surface area contributed by atoms with E-state index in [-0.39, 0.29) is 0 Å². The summed E-state index contributed by atoms with van der Waals surface area (Å²) in [6.07, 6.45) is 0. The van der Waals surface area contributed by atoms with Crippen molar-refractivity contribution < 1.29 is 4.42 Å². The van der Waals surface area contributed by atoms with E-state index in [9.17, 15) is 0 Å². The van der Waals surface area contributed by atoms with Gasteiger partial charge in [-0.1, -0.05) is 146 Å². The molecular formula is C51H30N4OS. The van der Waals surface area contributed by atoms with Crippen LogP contribution in [0, 0.1) is 0 Å². The van der Waals surface area contributed by atoms with Crippen molar-refractivity contribution in [2.45, 2.75) is 0 Å². The average molecular weight is 747 g/mol. The van der Waals surface area contributed by atoms with Gasteiger partial charge in [-0.25, -0.2) is 15.0 Å². The van der Waals surface area contributed by atoms with Crippen molar-refractivity contribution in [1.82, 2.24) is 19.5 Å². The van der Waals surface area contributed by atoms with Crippen LogP contribution in [0.2, 0.25) is 0 Å². The molecule has 0 amide bonds. The molecule has 12 rings (SSSR count). The fourth-order valence-corrected chi connectivity index (χ4v) is 9.82. The normalized spacial score (nSPS) is 11.9. The molecule has 12 aromatic rings. The molecule has 0 spiro atoms. The van der Waals surface area contributed by atoms with Crippen molar-refractivity contribution in [3.63, 3.8) is 0 Å². The summed E-state index contributed by atoms with van der Waals surface area (Å²) >= 11 is 1.77. The Bertz CT molecular complexity index is 3420. The van der Waals surface area contributed by atoms with Crippen LogP contribution in [0.5, 0.6) is 0 Å². The van der Waals surface area contributed by atoms with Crippen LogP contribution >= 0.6 is 11.3 Å². The van der Waals surface area contributed by atoms with Crippen LogP contribution in [0.15, 0.2) is 186 Å². The minimum Gasteiger partial charge on any atom is -0.455 e. The second kappa shape index (κ2) is 12.6. The first-order valence-corrected chi connectivity index (χ1v) is 19.8. The predicted octanol–water partition coefficient (Wildman–Crippen LogP) is 13.9. The Balaban J connectivity index is 1.07. The minimum atomic E-state index is 0.648. The molecular weight excluding hydrogens is 717 g/mol. The molecule has 0 unspecified atom stereocenters. The Morgan fingerprint density at radius 3 is 1.65 bits per heavy atom. The molecule has 0 N–H and O–H groups in total. The van der Waals surface area contributed by atoms with Crippen molar-refractivity contribution in [3.8, 4) is 51.0 Å². The Morgan fingerprint density at radius 2 is 0.947 bits per heavy atom. The largest absolute Gasteiger partial charge is 0.455 e. The third-order valence-electron chi connectivity index (χ3n) is 11.1. The molecule has 0 aliphatic rings. The molecule has 0 fully saturated rings. The Kier molecular flexibility index (Phi) is 7.03. The first-order valence-electron chi connectivity index (χ1n) is 19.0. The van der Waals surface area contributed by atoms with E-state index in [4.69, 9.17) is 19.4 Å². The van der Waals surface area contributed by atoms with Gasteiger partial charge in [0.1, 0.15) is 11.2 Å². The van der Waals surface area contributed by atoms with Crippen molar-refractivity contribution in [2.24, 2.45) is 0 Å². The van der Waals surface area contributed by atoms with Gasteiger partial charge in [0.2, 0.25) is 0 Å². The van der Waals surface area contributed by atoms with Gasteiger partial charge < -0.3 is 8.98 Å². The third kappa shape index (κ3) is 4.91. The molecule has 266 valence electrons. The molecule has 4 heterocycles. The lowest BCUT2D eigenvalue weighted by atomic mass is 9.97. The number of rotatable bonds is 5. The maximum Gasteiger partial charge on any atom is 0.165 e. The topological polar surface area (TPSA) is 56.7 Å².